The van der Waals surface area contributed by atoms with Crippen LogP contribution in [0, 0.1) is 5.41 Å². The van der Waals surface area contributed by atoms with Gasteiger partial charge in [0.25, 0.3) is 0 Å². The van der Waals surface area contributed by atoms with E-state index in [0.29, 0.717) is 28.8 Å². The lowest BCUT2D eigenvalue weighted by Gasteiger charge is -2.26. The van der Waals surface area contributed by atoms with Crippen LogP contribution in [0.5, 0.6) is 5.75 Å². The van der Waals surface area contributed by atoms with Crippen molar-refractivity contribution in [2.75, 3.05) is 6.61 Å². The summed E-state index contributed by atoms with van der Waals surface area (Å²) in [7, 11) is 0. The normalized spacial score (nSPS) is 13.9. The molecule has 0 bridgehead atoms. The summed E-state index contributed by atoms with van der Waals surface area (Å²) in [5.74, 6) is 0.610. The largest absolute Gasteiger partial charge is 0.492 e. The van der Waals surface area contributed by atoms with Gasteiger partial charge in [-0.2, -0.15) is 0 Å². The second kappa shape index (κ2) is 7.76. The summed E-state index contributed by atoms with van der Waals surface area (Å²) in [6.45, 7) is 4.61. The number of rotatable bonds is 8. The monoisotopic (exact) mass is 302 g/mol. The Labute approximate surface area is 125 Å². The molecule has 0 fully saturated rings. The number of carbonyl (C=O) groups is 1. The topological polar surface area (TPSA) is 26.3 Å². The van der Waals surface area contributed by atoms with Crippen molar-refractivity contribution in [3.05, 3.63) is 28.2 Å². The molecule has 19 heavy (non-hydrogen) atoms. The van der Waals surface area contributed by atoms with E-state index in [2.05, 4.69) is 6.92 Å². The molecule has 106 valence electrons. The average molecular weight is 303 g/mol. The molecule has 0 aliphatic heterocycles. The molecule has 1 aromatic carbocycles. The second-order valence-corrected chi connectivity index (χ2v) is 5.60. The zero-order valence-corrected chi connectivity index (χ0v) is 12.9. The number of ether oxygens (including phenoxy) is 1. The maximum absolute atomic E-state index is 11.3. The van der Waals surface area contributed by atoms with E-state index < -0.39 is 0 Å². The fourth-order valence-electron chi connectivity index (χ4n) is 2.13. The van der Waals surface area contributed by atoms with Gasteiger partial charge in [-0.3, -0.25) is 0 Å². The number of carbonyl (C=O) groups excluding carboxylic acids is 1. The Morgan fingerprint density at radius 3 is 2.53 bits per heavy atom. The third-order valence-electron chi connectivity index (χ3n) is 3.45. The summed E-state index contributed by atoms with van der Waals surface area (Å²) in [4.78, 5) is 11.3. The molecule has 0 aliphatic rings. The summed E-state index contributed by atoms with van der Waals surface area (Å²) >= 11 is 11.9. The van der Waals surface area contributed by atoms with Gasteiger partial charge in [-0.25, -0.2) is 0 Å². The van der Waals surface area contributed by atoms with Crippen molar-refractivity contribution in [3.63, 3.8) is 0 Å². The van der Waals surface area contributed by atoms with E-state index in [1.807, 2.05) is 6.92 Å². The van der Waals surface area contributed by atoms with Crippen LogP contribution in [0.15, 0.2) is 18.2 Å². The number of benzene rings is 1. The molecule has 2 nitrogen and oxygen atoms in total. The lowest BCUT2D eigenvalue weighted by atomic mass is 9.79. The SMILES string of the molecule is CCCC(C=O)(CC)CCOc1ccc(Cl)cc1Cl. The van der Waals surface area contributed by atoms with Gasteiger partial charge in [-0.15, -0.1) is 0 Å². The molecule has 1 rings (SSSR count). The Morgan fingerprint density at radius 1 is 1.26 bits per heavy atom. The molecule has 1 unspecified atom stereocenters. The van der Waals surface area contributed by atoms with Gasteiger partial charge >= 0.3 is 0 Å². The minimum absolute atomic E-state index is 0.270. The molecule has 0 saturated carbocycles. The summed E-state index contributed by atoms with van der Waals surface area (Å²) in [6.07, 6.45) is 4.50. The Bertz CT molecular complexity index is 421. The van der Waals surface area contributed by atoms with Crippen molar-refractivity contribution in [1.29, 1.82) is 0 Å². The Kier molecular flexibility index (Phi) is 6.67. The highest BCUT2D eigenvalue weighted by molar-refractivity contribution is 6.35. The highest BCUT2D eigenvalue weighted by atomic mass is 35.5. The van der Waals surface area contributed by atoms with E-state index >= 15 is 0 Å². The van der Waals surface area contributed by atoms with Crippen LogP contribution in [-0.2, 0) is 4.79 Å². The van der Waals surface area contributed by atoms with Crippen molar-refractivity contribution in [2.45, 2.75) is 39.5 Å². The third-order valence-corrected chi connectivity index (χ3v) is 3.98. The Balaban J connectivity index is 2.59. The molecule has 1 aromatic rings. The van der Waals surface area contributed by atoms with Crippen LogP contribution in [0.3, 0.4) is 0 Å². The molecule has 0 radical (unpaired) electrons. The van der Waals surface area contributed by atoms with Crippen LogP contribution in [-0.4, -0.2) is 12.9 Å². The molecule has 4 heteroatoms. The van der Waals surface area contributed by atoms with Crippen LogP contribution in [0.4, 0.5) is 0 Å². The summed E-state index contributed by atoms with van der Waals surface area (Å²) in [5.41, 5.74) is -0.270. The van der Waals surface area contributed by atoms with Crippen molar-refractivity contribution in [3.8, 4) is 5.75 Å². The fourth-order valence-corrected chi connectivity index (χ4v) is 2.60. The smallest absolute Gasteiger partial charge is 0.137 e. The first-order chi connectivity index (χ1) is 9.06. The molecule has 0 aliphatic carbocycles. The summed E-state index contributed by atoms with van der Waals surface area (Å²) in [6, 6.07) is 5.14. The number of hydrogen-bond donors (Lipinski definition) is 0. The van der Waals surface area contributed by atoms with Crippen LogP contribution < -0.4 is 4.74 Å². The fraction of sp³-hybridized carbons (Fsp3) is 0.533. The molecule has 0 heterocycles. The zero-order valence-electron chi connectivity index (χ0n) is 11.4. The molecule has 0 spiro atoms. The van der Waals surface area contributed by atoms with Gasteiger partial charge in [0.1, 0.15) is 12.0 Å². The van der Waals surface area contributed by atoms with Gasteiger partial charge in [-0.1, -0.05) is 43.5 Å². The summed E-state index contributed by atoms with van der Waals surface area (Å²) in [5, 5.41) is 1.08. The zero-order chi connectivity index (χ0) is 14.3. The van der Waals surface area contributed by atoms with Gasteiger partial charge in [0.2, 0.25) is 0 Å². The first-order valence-corrected chi connectivity index (χ1v) is 7.36. The van der Waals surface area contributed by atoms with Gasteiger partial charge in [0, 0.05) is 10.4 Å². The first-order valence-electron chi connectivity index (χ1n) is 6.61. The van der Waals surface area contributed by atoms with Crippen LogP contribution in [0.1, 0.15) is 39.5 Å². The molecule has 0 amide bonds. The maximum atomic E-state index is 11.3. The van der Waals surface area contributed by atoms with E-state index in [1.54, 1.807) is 18.2 Å². The Hall–Kier alpha value is -0.730. The quantitative estimate of drug-likeness (QED) is 0.620. The molecular formula is C15H20Cl2O2. The second-order valence-electron chi connectivity index (χ2n) is 4.76. The maximum Gasteiger partial charge on any atom is 0.137 e. The molecular weight excluding hydrogens is 283 g/mol. The van der Waals surface area contributed by atoms with Crippen LogP contribution in [0.25, 0.3) is 0 Å². The van der Waals surface area contributed by atoms with Crippen molar-refractivity contribution in [2.24, 2.45) is 5.41 Å². The van der Waals surface area contributed by atoms with Crippen molar-refractivity contribution in [1.82, 2.24) is 0 Å². The van der Waals surface area contributed by atoms with E-state index in [0.717, 1.165) is 25.5 Å². The predicted octanol–water partition coefficient (Wildman–Crippen LogP) is 5.16. The van der Waals surface area contributed by atoms with E-state index in [1.165, 1.54) is 0 Å². The lowest BCUT2D eigenvalue weighted by molar-refractivity contribution is -0.117. The van der Waals surface area contributed by atoms with Gasteiger partial charge in [0.05, 0.1) is 11.6 Å². The highest BCUT2D eigenvalue weighted by Gasteiger charge is 2.26. The van der Waals surface area contributed by atoms with Gasteiger partial charge in [0.15, 0.2) is 0 Å². The molecule has 0 N–H and O–H groups in total. The van der Waals surface area contributed by atoms with E-state index in [9.17, 15) is 4.79 Å². The third kappa shape index (κ3) is 4.70. The van der Waals surface area contributed by atoms with Crippen LogP contribution >= 0.6 is 23.2 Å². The summed E-state index contributed by atoms with van der Waals surface area (Å²) < 4.78 is 5.65. The van der Waals surface area contributed by atoms with Crippen molar-refractivity contribution < 1.29 is 9.53 Å². The van der Waals surface area contributed by atoms with E-state index in [4.69, 9.17) is 27.9 Å². The lowest BCUT2D eigenvalue weighted by Crippen LogP contribution is -2.24. The molecule has 1 atom stereocenters. The number of halogens is 2. The minimum atomic E-state index is -0.270. The van der Waals surface area contributed by atoms with Gasteiger partial charge in [-0.05, 0) is 37.5 Å². The molecule has 0 saturated heterocycles. The number of hydrogen-bond acceptors (Lipinski definition) is 2. The highest BCUT2D eigenvalue weighted by Crippen LogP contribution is 2.32. The molecule has 0 aromatic heterocycles. The van der Waals surface area contributed by atoms with Gasteiger partial charge < -0.3 is 9.53 Å². The Morgan fingerprint density at radius 2 is 2.00 bits per heavy atom. The number of aldehydes is 1. The predicted molar refractivity (Wildman–Crippen MR) is 80.3 cm³/mol. The minimum Gasteiger partial charge on any atom is -0.492 e. The van der Waals surface area contributed by atoms with E-state index in [-0.39, 0.29) is 5.41 Å². The van der Waals surface area contributed by atoms with Crippen LogP contribution in [0.2, 0.25) is 10.0 Å². The van der Waals surface area contributed by atoms with Crippen molar-refractivity contribution >= 4 is 29.5 Å². The first kappa shape index (κ1) is 16.3. The average Bonchev–Trinajstić information content (AvgIpc) is 2.40. The standard InChI is InChI=1S/C15H20Cl2O2/c1-3-7-15(4-2,11-18)8-9-19-14-6-5-12(16)10-13(14)17/h5-6,10-11H,3-4,7-9H2,1-2H3.